The number of aryl methyl sites for hydroxylation is 2. The number of fused-ring (bicyclic) bond motifs is 1. The minimum absolute atomic E-state index is 0.634. The Kier molecular flexibility index (Phi) is 4.10. The highest BCUT2D eigenvalue weighted by molar-refractivity contribution is 7.18. The van der Waals surface area contributed by atoms with Gasteiger partial charge < -0.3 is 15.5 Å². The van der Waals surface area contributed by atoms with Gasteiger partial charge in [-0.3, -0.25) is 0 Å². The standard InChI is InChI=1S/C15H23N5S/c1-10-11(2)21-15-13(10)14(16)17-12(18-15)4-5-20-8-6-19(3)7-9-20/h4-9H2,1-3H3,(H2,16,17,18). The summed E-state index contributed by atoms with van der Waals surface area (Å²) in [5.41, 5.74) is 7.35. The van der Waals surface area contributed by atoms with Crippen LogP contribution in [0.15, 0.2) is 0 Å². The quantitative estimate of drug-likeness (QED) is 0.935. The van der Waals surface area contributed by atoms with Gasteiger partial charge in [-0.15, -0.1) is 11.3 Å². The fourth-order valence-corrected chi connectivity index (χ4v) is 3.82. The fourth-order valence-electron chi connectivity index (χ4n) is 2.77. The molecule has 21 heavy (non-hydrogen) atoms. The third kappa shape index (κ3) is 3.02. The Morgan fingerprint density at radius 3 is 2.57 bits per heavy atom. The van der Waals surface area contributed by atoms with E-state index in [1.165, 1.54) is 10.4 Å². The lowest BCUT2D eigenvalue weighted by atomic mass is 10.2. The molecule has 2 N–H and O–H groups in total. The van der Waals surface area contributed by atoms with Crippen LogP contribution < -0.4 is 5.73 Å². The Labute approximate surface area is 129 Å². The van der Waals surface area contributed by atoms with Gasteiger partial charge in [0.2, 0.25) is 0 Å². The molecule has 0 bridgehead atoms. The number of rotatable bonds is 3. The highest BCUT2D eigenvalue weighted by Crippen LogP contribution is 2.31. The van der Waals surface area contributed by atoms with Crippen molar-refractivity contribution in [1.29, 1.82) is 0 Å². The summed E-state index contributed by atoms with van der Waals surface area (Å²) >= 11 is 1.72. The zero-order valence-electron chi connectivity index (χ0n) is 13.0. The molecule has 0 radical (unpaired) electrons. The number of hydrogen-bond acceptors (Lipinski definition) is 6. The van der Waals surface area contributed by atoms with E-state index in [0.29, 0.717) is 5.82 Å². The van der Waals surface area contributed by atoms with E-state index in [9.17, 15) is 0 Å². The van der Waals surface area contributed by atoms with Crippen molar-refractivity contribution in [2.24, 2.45) is 0 Å². The maximum atomic E-state index is 6.13. The lowest BCUT2D eigenvalue weighted by molar-refractivity contribution is 0.155. The van der Waals surface area contributed by atoms with Crippen molar-refractivity contribution >= 4 is 27.4 Å². The summed E-state index contributed by atoms with van der Waals surface area (Å²) in [4.78, 5) is 16.4. The molecule has 0 aromatic carbocycles. The van der Waals surface area contributed by atoms with Crippen molar-refractivity contribution < 1.29 is 0 Å². The number of piperazine rings is 1. The molecular formula is C15H23N5S. The minimum Gasteiger partial charge on any atom is -0.383 e. The molecule has 1 saturated heterocycles. The summed E-state index contributed by atoms with van der Waals surface area (Å²) in [5, 5.41) is 1.04. The summed E-state index contributed by atoms with van der Waals surface area (Å²) in [6.45, 7) is 9.78. The van der Waals surface area contributed by atoms with Crippen LogP contribution in [0.5, 0.6) is 0 Å². The molecule has 114 valence electrons. The summed E-state index contributed by atoms with van der Waals surface area (Å²) < 4.78 is 0. The Morgan fingerprint density at radius 2 is 1.86 bits per heavy atom. The molecule has 0 spiro atoms. The van der Waals surface area contributed by atoms with Gasteiger partial charge in [0.25, 0.3) is 0 Å². The maximum absolute atomic E-state index is 6.13. The highest BCUT2D eigenvalue weighted by atomic mass is 32.1. The molecule has 0 unspecified atom stereocenters. The number of likely N-dealkylation sites (N-methyl/N-ethyl adjacent to an activating group) is 1. The first-order valence-electron chi connectivity index (χ1n) is 7.47. The molecular weight excluding hydrogens is 282 g/mol. The van der Waals surface area contributed by atoms with E-state index in [-0.39, 0.29) is 0 Å². The van der Waals surface area contributed by atoms with E-state index >= 15 is 0 Å². The van der Waals surface area contributed by atoms with Crippen LogP contribution in [0.3, 0.4) is 0 Å². The second-order valence-corrected chi connectivity index (χ2v) is 7.09. The number of nitrogen functional groups attached to an aromatic ring is 1. The van der Waals surface area contributed by atoms with Crippen molar-refractivity contribution in [2.45, 2.75) is 20.3 Å². The predicted octanol–water partition coefficient (Wildman–Crippen LogP) is 1.68. The molecule has 0 aliphatic carbocycles. The van der Waals surface area contributed by atoms with E-state index in [4.69, 9.17) is 10.7 Å². The van der Waals surface area contributed by atoms with Crippen LogP contribution in [-0.2, 0) is 6.42 Å². The Hall–Kier alpha value is -1.24. The van der Waals surface area contributed by atoms with Crippen molar-refractivity contribution in [3.05, 3.63) is 16.3 Å². The number of thiophene rings is 1. The molecule has 1 aliphatic rings. The smallest absolute Gasteiger partial charge is 0.136 e. The Morgan fingerprint density at radius 1 is 1.14 bits per heavy atom. The molecule has 3 heterocycles. The van der Waals surface area contributed by atoms with Crippen LogP contribution in [0.4, 0.5) is 5.82 Å². The van der Waals surface area contributed by atoms with Gasteiger partial charge in [-0.2, -0.15) is 0 Å². The third-order valence-electron chi connectivity index (χ3n) is 4.35. The molecule has 3 rings (SSSR count). The van der Waals surface area contributed by atoms with Gasteiger partial charge >= 0.3 is 0 Å². The second-order valence-electron chi connectivity index (χ2n) is 5.88. The van der Waals surface area contributed by atoms with E-state index in [1.54, 1.807) is 11.3 Å². The molecule has 0 atom stereocenters. The monoisotopic (exact) mass is 305 g/mol. The Bertz CT molecular complexity index is 643. The Balaban J connectivity index is 1.73. The lowest BCUT2D eigenvalue weighted by Crippen LogP contribution is -2.45. The van der Waals surface area contributed by atoms with Gasteiger partial charge in [0, 0.05) is 44.0 Å². The van der Waals surface area contributed by atoms with Crippen molar-refractivity contribution in [3.63, 3.8) is 0 Å². The van der Waals surface area contributed by atoms with Crippen LogP contribution in [0.2, 0.25) is 0 Å². The summed E-state index contributed by atoms with van der Waals surface area (Å²) in [6.07, 6.45) is 0.875. The second kappa shape index (κ2) is 5.87. The van der Waals surface area contributed by atoms with Gasteiger partial charge in [-0.1, -0.05) is 0 Å². The van der Waals surface area contributed by atoms with E-state index in [1.807, 2.05) is 0 Å². The fraction of sp³-hybridized carbons (Fsp3) is 0.600. The third-order valence-corrected chi connectivity index (χ3v) is 5.45. The van der Waals surface area contributed by atoms with Crippen LogP contribution in [0.1, 0.15) is 16.3 Å². The number of nitrogens with zero attached hydrogens (tertiary/aromatic N) is 4. The molecule has 5 nitrogen and oxygen atoms in total. The summed E-state index contributed by atoms with van der Waals surface area (Å²) in [7, 11) is 2.18. The summed E-state index contributed by atoms with van der Waals surface area (Å²) in [6, 6.07) is 0. The van der Waals surface area contributed by atoms with Crippen molar-refractivity contribution in [1.82, 2.24) is 19.8 Å². The zero-order chi connectivity index (χ0) is 15.0. The molecule has 6 heteroatoms. The van der Waals surface area contributed by atoms with Crippen molar-refractivity contribution in [2.75, 3.05) is 45.5 Å². The van der Waals surface area contributed by atoms with Gasteiger partial charge in [0.1, 0.15) is 16.5 Å². The van der Waals surface area contributed by atoms with Crippen LogP contribution in [0.25, 0.3) is 10.2 Å². The molecule has 2 aromatic rings. The zero-order valence-corrected chi connectivity index (χ0v) is 13.8. The van der Waals surface area contributed by atoms with E-state index in [2.05, 4.69) is 35.7 Å². The average molecular weight is 305 g/mol. The normalized spacial score (nSPS) is 17.7. The number of anilines is 1. The first kappa shape index (κ1) is 14.7. The average Bonchev–Trinajstić information content (AvgIpc) is 2.74. The summed E-state index contributed by atoms with van der Waals surface area (Å²) in [5.74, 6) is 1.51. The molecule has 0 saturated carbocycles. The minimum atomic E-state index is 0.634. The maximum Gasteiger partial charge on any atom is 0.136 e. The van der Waals surface area contributed by atoms with Gasteiger partial charge in [0.05, 0.1) is 5.39 Å². The topological polar surface area (TPSA) is 58.3 Å². The van der Waals surface area contributed by atoms with E-state index < -0.39 is 0 Å². The first-order valence-corrected chi connectivity index (χ1v) is 8.29. The lowest BCUT2D eigenvalue weighted by Gasteiger charge is -2.32. The van der Waals surface area contributed by atoms with Gasteiger partial charge in [-0.25, -0.2) is 9.97 Å². The van der Waals surface area contributed by atoms with Crippen molar-refractivity contribution in [3.8, 4) is 0 Å². The highest BCUT2D eigenvalue weighted by Gasteiger charge is 2.16. The first-order chi connectivity index (χ1) is 10.0. The molecule has 1 aliphatic heterocycles. The number of hydrogen-bond donors (Lipinski definition) is 1. The van der Waals surface area contributed by atoms with Gasteiger partial charge in [0.15, 0.2) is 0 Å². The number of nitrogens with two attached hydrogens (primary N) is 1. The van der Waals surface area contributed by atoms with Crippen LogP contribution in [-0.4, -0.2) is 59.5 Å². The van der Waals surface area contributed by atoms with Crippen LogP contribution in [0, 0.1) is 13.8 Å². The molecule has 2 aromatic heterocycles. The molecule has 0 amide bonds. The van der Waals surface area contributed by atoms with Crippen LogP contribution >= 0.6 is 11.3 Å². The van der Waals surface area contributed by atoms with E-state index in [0.717, 1.165) is 55.2 Å². The SMILES string of the molecule is Cc1sc2nc(CCN3CCN(C)CC3)nc(N)c2c1C. The largest absolute Gasteiger partial charge is 0.383 e. The predicted molar refractivity (Wildman–Crippen MR) is 88.9 cm³/mol. The number of aromatic nitrogens is 2. The van der Waals surface area contributed by atoms with Gasteiger partial charge in [-0.05, 0) is 26.5 Å². The molecule has 1 fully saturated rings.